The number of nitrogens with zero attached hydrogens (tertiary/aromatic N) is 2. The van der Waals surface area contributed by atoms with Gasteiger partial charge in [0.1, 0.15) is 6.04 Å². The van der Waals surface area contributed by atoms with E-state index in [1.165, 1.54) is 25.1 Å². The minimum atomic E-state index is -3.89. The van der Waals surface area contributed by atoms with Crippen molar-refractivity contribution in [3.05, 3.63) is 81.9 Å². The number of hydrogen-bond donors (Lipinski definition) is 1. The van der Waals surface area contributed by atoms with Crippen LogP contribution in [0.3, 0.4) is 0 Å². The lowest BCUT2D eigenvalue weighted by molar-refractivity contribution is -0.384. The van der Waals surface area contributed by atoms with E-state index in [0.717, 1.165) is 26.9 Å². The van der Waals surface area contributed by atoms with Crippen LogP contribution >= 0.6 is 0 Å². The van der Waals surface area contributed by atoms with Crippen LogP contribution in [0.15, 0.2) is 60.7 Å². The summed E-state index contributed by atoms with van der Waals surface area (Å²) in [5.74, 6) is -0.510. The zero-order chi connectivity index (χ0) is 22.8. The first kappa shape index (κ1) is 22.2. The molecule has 8 nitrogen and oxygen atoms in total. The van der Waals surface area contributed by atoms with Gasteiger partial charge in [-0.05, 0) is 35.7 Å². The van der Waals surface area contributed by atoms with Crippen molar-refractivity contribution in [2.24, 2.45) is 0 Å². The maximum absolute atomic E-state index is 12.9. The van der Waals surface area contributed by atoms with Gasteiger partial charge in [-0.15, -0.1) is 0 Å². The van der Waals surface area contributed by atoms with Crippen LogP contribution in [-0.4, -0.2) is 31.5 Å². The number of aryl methyl sites for hydroxylation is 1. The summed E-state index contributed by atoms with van der Waals surface area (Å²) < 4.78 is 26.0. The van der Waals surface area contributed by atoms with Gasteiger partial charge in [0, 0.05) is 18.7 Å². The highest BCUT2D eigenvalue weighted by molar-refractivity contribution is 7.92. The molecule has 0 unspecified atom stereocenters. The van der Waals surface area contributed by atoms with Gasteiger partial charge in [-0.25, -0.2) is 8.42 Å². The average molecular weight is 442 g/mol. The first-order chi connectivity index (χ1) is 14.6. The second-order valence-electron chi connectivity index (χ2n) is 7.32. The predicted octanol–water partition coefficient (Wildman–Crippen LogP) is 3.53. The summed E-state index contributed by atoms with van der Waals surface area (Å²) in [5, 5.41) is 16.0. The van der Waals surface area contributed by atoms with Crippen molar-refractivity contribution >= 4 is 38.1 Å². The number of carbonyl (C=O) groups is 1. The predicted molar refractivity (Wildman–Crippen MR) is 120 cm³/mol. The highest BCUT2D eigenvalue weighted by Gasteiger charge is 2.31. The van der Waals surface area contributed by atoms with Crippen molar-refractivity contribution in [3.8, 4) is 0 Å². The number of amides is 1. The Bertz CT molecular complexity index is 1250. The van der Waals surface area contributed by atoms with Gasteiger partial charge in [0.25, 0.3) is 5.69 Å². The molecule has 3 aromatic carbocycles. The zero-order valence-electron chi connectivity index (χ0n) is 17.4. The van der Waals surface area contributed by atoms with Crippen molar-refractivity contribution in [1.29, 1.82) is 0 Å². The van der Waals surface area contributed by atoms with E-state index in [1.807, 2.05) is 42.5 Å². The molecular weight excluding hydrogens is 418 g/mol. The lowest BCUT2D eigenvalue weighted by Gasteiger charge is -2.29. The fourth-order valence-corrected chi connectivity index (χ4v) is 4.73. The molecule has 0 saturated carbocycles. The number of sulfonamides is 1. The topological polar surface area (TPSA) is 110 Å². The molecule has 0 bridgehead atoms. The lowest BCUT2D eigenvalue weighted by Crippen LogP contribution is -2.48. The Morgan fingerprint density at radius 1 is 1.13 bits per heavy atom. The molecule has 162 valence electrons. The van der Waals surface area contributed by atoms with Gasteiger partial charge < -0.3 is 5.32 Å². The Kier molecular flexibility index (Phi) is 6.26. The Morgan fingerprint density at radius 3 is 2.48 bits per heavy atom. The fraction of sp³-hybridized carbons (Fsp3) is 0.227. The maximum atomic E-state index is 12.9. The van der Waals surface area contributed by atoms with E-state index in [4.69, 9.17) is 0 Å². The Balaban J connectivity index is 1.89. The van der Waals surface area contributed by atoms with Crippen molar-refractivity contribution in [1.82, 2.24) is 5.32 Å². The lowest BCUT2D eigenvalue weighted by atomic mass is 10.0. The first-order valence-corrected chi connectivity index (χ1v) is 11.4. The monoisotopic (exact) mass is 441 g/mol. The quantitative estimate of drug-likeness (QED) is 0.446. The van der Waals surface area contributed by atoms with Gasteiger partial charge in [-0.2, -0.15) is 0 Å². The number of rotatable bonds is 7. The average Bonchev–Trinajstić information content (AvgIpc) is 2.72. The van der Waals surface area contributed by atoms with Gasteiger partial charge in [-0.1, -0.05) is 48.5 Å². The largest absolute Gasteiger partial charge is 0.350 e. The van der Waals surface area contributed by atoms with Crippen LogP contribution in [-0.2, 0) is 21.4 Å². The molecule has 0 aromatic heterocycles. The van der Waals surface area contributed by atoms with E-state index in [-0.39, 0.29) is 17.9 Å². The van der Waals surface area contributed by atoms with Gasteiger partial charge in [-0.3, -0.25) is 19.2 Å². The third-order valence-electron chi connectivity index (χ3n) is 5.06. The molecule has 0 aliphatic carbocycles. The number of anilines is 1. The molecule has 1 amide bonds. The molecule has 1 N–H and O–H groups in total. The van der Waals surface area contributed by atoms with Crippen molar-refractivity contribution < 1.29 is 18.1 Å². The Hall–Kier alpha value is -3.46. The summed E-state index contributed by atoms with van der Waals surface area (Å²) in [4.78, 5) is 23.5. The van der Waals surface area contributed by atoms with Crippen LogP contribution in [0.25, 0.3) is 10.8 Å². The van der Waals surface area contributed by atoms with Crippen LogP contribution in [0.5, 0.6) is 0 Å². The highest BCUT2D eigenvalue weighted by Crippen LogP contribution is 2.29. The number of carbonyl (C=O) groups excluding carboxylic acids is 1. The normalized spacial score (nSPS) is 12.4. The molecule has 0 aliphatic heterocycles. The first-order valence-electron chi connectivity index (χ1n) is 9.58. The highest BCUT2D eigenvalue weighted by atomic mass is 32.2. The number of non-ortho nitro benzene ring substituents is 1. The summed E-state index contributed by atoms with van der Waals surface area (Å²) >= 11 is 0. The summed E-state index contributed by atoms with van der Waals surface area (Å²) in [7, 11) is -3.89. The van der Waals surface area contributed by atoms with Crippen LogP contribution in [0.1, 0.15) is 18.1 Å². The summed E-state index contributed by atoms with van der Waals surface area (Å²) in [6.07, 6.45) is 0.972. The zero-order valence-corrected chi connectivity index (χ0v) is 18.2. The summed E-state index contributed by atoms with van der Waals surface area (Å²) in [5.41, 5.74) is 1.25. The van der Waals surface area contributed by atoms with Crippen LogP contribution < -0.4 is 9.62 Å². The number of nitro benzene ring substituents is 1. The molecule has 3 aromatic rings. The molecule has 0 aliphatic rings. The van der Waals surface area contributed by atoms with Crippen molar-refractivity contribution in [2.75, 3.05) is 10.6 Å². The molecule has 0 saturated heterocycles. The molecule has 31 heavy (non-hydrogen) atoms. The standard InChI is InChI=1S/C22H23N3O5S/c1-15-11-12-19(25(27)28)13-21(15)24(31(3,29)30)16(2)22(26)23-14-18-9-6-8-17-7-4-5-10-20(17)18/h4-13,16H,14H2,1-3H3,(H,23,26)/t16-/m1/s1. The third-order valence-corrected chi connectivity index (χ3v) is 6.29. The molecule has 0 heterocycles. The minimum Gasteiger partial charge on any atom is -0.350 e. The Morgan fingerprint density at radius 2 is 1.81 bits per heavy atom. The summed E-state index contributed by atoms with van der Waals surface area (Å²) in [6.45, 7) is 3.31. The van der Waals surface area contributed by atoms with Gasteiger partial charge in [0.05, 0.1) is 16.9 Å². The molecule has 1 atom stereocenters. The SMILES string of the molecule is Cc1ccc([N+](=O)[O-])cc1N([C@H](C)C(=O)NCc1cccc2ccccc12)S(C)(=O)=O. The maximum Gasteiger partial charge on any atom is 0.271 e. The number of benzene rings is 3. The van der Waals surface area contributed by atoms with E-state index in [1.54, 1.807) is 6.92 Å². The van der Waals surface area contributed by atoms with E-state index >= 15 is 0 Å². The van der Waals surface area contributed by atoms with Crippen molar-refractivity contribution in [2.45, 2.75) is 26.4 Å². The van der Waals surface area contributed by atoms with Gasteiger partial charge >= 0.3 is 0 Å². The van der Waals surface area contributed by atoms with Gasteiger partial charge in [0.15, 0.2) is 0 Å². The van der Waals surface area contributed by atoms with Crippen LogP contribution in [0.4, 0.5) is 11.4 Å². The second kappa shape index (κ2) is 8.73. The Labute approximate surface area is 180 Å². The number of fused-ring (bicyclic) bond motifs is 1. The number of nitro groups is 1. The molecule has 3 rings (SSSR count). The van der Waals surface area contributed by atoms with E-state index in [2.05, 4.69) is 5.32 Å². The fourth-order valence-electron chi connectivity index (χ4n) is 3.51. The molecular formula is C22H23N3O5S. The van der Waals surface area contributed by atoms with E-state index in [9.17, 15) is 23.3 Å². The second-order valence-corrected chi connectivity index (χ2v) is 9.18. The number of hydrogen-bond acceptors (Lipinski definition) is 5. The molecule has 9 heteroatoms. The molecule has 0 fully saturated rings. The van der Waals surface area contributed by atoms with Gasteiger partial charge in [0.2, 0.25) is 15.9 Å². The molecule has 0 spiro atoms. The third kappa shape index (κ3) is 4.83. The molecule has 0 radical (unpaired) electrons. The van der Waals surface area contributed by atoms with Crippen molar-refractivity contribution in [3.63, 3.8) is 0 Å². The smallest absolute Gasteiger partial charge is 0.271 e. The number of nitrogens with one attached hydrogen (secondary N) is 1. The van der Waals surface area contributed by atoms with E-state index < -0.39 is 26.9 Å². The minimum absolute atomic E-state index is 0.101. The van der Waals surface area contributed by atoms with E-state index in [0.29, 0.717) is 5.56 Å². The van der Waals surface area contributed by atoms with Crippen LogP contribution in [0, 0.1) is 17.0 Å². The van der Waals surface area contributed by atoms with Crippen LogP contribution in [0.2, 0.25) is 0 Å². The summed E-state index contributed by atoms with van der Waals surface area (Å²) in [6, 6.07) is 16.3.